The minimum Gasteiger partial charge on any atom is -0.468 e. The summed E-state index contributed by atoms with van der Waals surface area (Å²) in [5.41, 5.74) is 5.65. The fourth-order valence-electron chi connectivity index (χ4n) is 4.15. The number of aromatic nitrogens is 1. The predicted molar refractivity (Wildman–Crippen MR) is 132 cm³/mol. The van der Waals surface area contributed by atoms with Gasteiger partial charge in [-0.3, -0.25) is 14.5 Å². The molecular weight excluding hydrogens is 432 g/mol. The van der Waals surface area contributed by atoms with Crippen LogP contribution in [0.5, 0.6) is 0 Å². The number of rotatable bonds is 7. The van der Waals surface area contributed by atoms with Crippen LogP contribution in [-0.2, 0) is 21.8 Å². The second-order valence-corrected chi connectivity index (χ2v) is 9.23. The number of aryl methyl sites for hydroxylation is 2. The SMILES string of the molecule is Cc1ccc(C2=C(SCc3ccco3)C(=O)N(CCc3c[nH]c4ccccc34)C2=O)cc1C. The van der Waals surface area contributed by atoms with Gasteiger partial charge in [-0.1, -0.05) is 36.4 Å². The Kier molecular flexibility index (Phi) is 5.68. The lowest BCUT2D eigenvalue weighted by Gasteiger charge is -2.15. The van der Waals surface area contributed by atoms with Gasteiger partial charge in [0.1, 0.15) is 5.76 Å². The van der Waals surface area contributed by atoms with Crippen molar-refractivity contribution in [2.45, 2.75) is 26.0 Å². The normalized spacial score (nSPS) is 14.2. The largest absolute Gasteiger partial charge is 0.468 e. The minimum absolute atomic E-state index is 0.231. The van der Waals surface area contributed by atoms with Crippen molar-refractivity contribution in [3.63, 3.8) is 0 Å². The number of amides is 2. The molecule has 2 amide bonds. The minimum atomic E-state index is -0.232. The van der Waals surface area contributed by atoms with E-state index in [0.29, 0.717) is 29.2 Å². The molecule has 0 spiro atoms. The average molecular weight is 457 g/mol. The average Bonchev–Trinajstić information content (AvgIpc) is 3.53. The zero-order valence-electron chi connectivity index (χ0n) is 18.6. The van der Waals surface area contributed by atoms with Crippen molar-refractivity contribution in [3.05, 3.63) is 100.0 Å². The zero-order valence-corrected chi connectivity index (χ0v) is 19.4. The number of fused-ring (bicyclic) bond motifs is 1. The molecule has 4 aromatic rings. The molecule has 1 aliphatic heterocycles. The first-order chi connectivity index (χ1) is 16.0. The lowest BCUT2D eigenvalue weighted by Crippen LogP contribution is -2.33. The van der Waals surface area contributed by atoms with E-state index in [1.165, 1.54) is 16.7 Å². The lowest BCUT2D eigenvalue weighted by molar-refractivity contribution is -0.136. The number of furan rings is 1. The molecule has 0 saturated heterocycles. The Morgan fingerprint density at radius 2 is 1.82 bits per heavy atom. The van der Waals surface area contributed by atoms with E-state index in [-0.39, 0.29) is 11.8 Å². The first-order valence-electron chi connectivity index (χ1n) is 10.9. The number of benzene rings is 2. The van der Waals surface area contributed by atoms with Gasteiger partial charge in [-0.25, -0.2) is 0 Å². The van der Waals surface area contributed by atoms with Crippen LogP contribution in [0.4, 0.5) is 0 Å². The Morgan fingerprint density at radius 1 is 0.970 bits per heavy atom. The van der Waals surface area contributed by atoms with Gasteiger partial charge in [0, 0.05) is 23.6 Å². The van der Waals surface area contributed by atoms with Crippen LogP contribution in [0.3, 0.4) is 0 Å². The Morgan fingerprint density at radius 3 is 2.61 bits per heavy atom. The molecule has 6 heteroatoms. The number of carbonyl (C=O) groups excluding carboxylic acids is 2. The van der Waals surface area contributed by atoms with Crippen molar-refractivity contribution in [2.75, 3.05) is 6.54 Å². The third kappa shape index (κ3) is 4.02. The Bertz CT molecular complexity index is 1380. The molecular formula is C27H24N2O3S. The van der Waals surface area contributed by atoms with Crippen LogP contribution in [0.1, 0.15) is 28.0 Å². The standard InChI is InChI=1S/C27H24N2O3S/c1-17-9-10-19(14-18(17)2)24-25(33-16-21-6-5-13-32-21)27(31)29(26(24)30)12-11-20-15-28-23-8-4-3-7-22(20)23/h3-10,13-15,28H,11-12,16H2,1-2H3. The van der Waals surface area contributed by atoms with Crippen molar-refractivity contribution in [3.8, 4) is 0 Å². The third-order valence-corrected chi connectivity index (χ3v) is 7.24. The number of nitrogens with zero attached hydrogens (tertiary/aromatic N) is 1. The fraction of sp³-hybridized carbons (Fsp3) is 0.185. The molecule has 0 unspecified atom stereocenters. The van der Waals surface area contributed by atoms with Gasteiger partial charge in [-0.05, 0) is 60.7 Å². The van der Waals surface area contributed by atoms with E-state index < -0.39 is 0 Å². The molecule has 33 heavy (non-hydrogen) atoms. The van der Waals surface area contributed by atoms with Crippen molar-refractivity contribution in [1.82, 2.24) is 9.88 Å². The van der Waals surface area contributed by atoms with E-state index in [2.05, 4.69) is 11.1 Å². The third-order valence-electron chi connectivity index (χ3n) is 6.14. The number of carbonyl (C=O) groups is 2. The molecule has 3 heterocycles. The molecule has 0 radical (unpaired) electrons. The molecule has 5 nitrogen and oxygen atoms in total. The number of H-pyrrole nitrogens is 1. The summed E-state index contributed by atoms with van der Waals surface area (Å²) in [6, 6.07) is 17.7. The predicted octanol–water partition coefficient (Wildman–Crippen LogP) is 5.63. The second kappa shape index (κ2) is 8.79. The zero-order chi connectivity index (χ0) is 22.9. The topological polar surface area (TPSA) is 66.3 Å². The number of para-hydroxylation sites is 1. The van der Waals surface area contributed by atoms with Gasteiger partial charge in [0.25, 0.3) is 11.8 Å². The summed E-state index contributed by atoms with van der Waals surface area (Å²) in [5, 5.41) is 1.12. The molecule has 0 saturated carbocycles. The van der Waals surface area contributed by atoms with Crippen LogP contribution in [0.15, 0.2) is 76.4 Å². The van der Waals surface area contributed by atoms with E-state index in [1.807, 2.05) is 68.6 Å². The Hall–Kier alpha value is -3.51. The number of nitrogens with one attached hydrogen (secondary N) is 1. The van der Waals surface area contributed by atoms with Gasteiger partial charge < -0.3 is 9.40 Å². The highest BCUT2D eigenvalue weighted by atomic mass is 32.2. The van der Waals surface area contributed by atoms with E-state index in [4.69, 9.17) is 4.42 Å². The summed E-state index contributed by atoms with van der Waals surface area (Å²) >= 11 is 1.36. The van der Waals surface area contributed by atoms with Crippen LogP contribution >= 0.6 is 11.8 Å². The van der Waals surface area contributed by atoms with Crippen LogP contribution in [-0.4, -0.2) is 28.2 Å². The van der Waals surface area contributed by atoms with E-state index in [1.54, 1.807) is 6.26 Å². The van der Waals surface area contributed by atoms with Crippen LogP contribution in [0.25, 0.3) is 16.5 Å². The van der Waals surface area contributed by atoms with Crippen LogP contribution in [0, 0.1) is 13.8 Å². The van der Waals surface area contributed by atoms with Crippen LogP contribution < -0.4 is 0 Å². The highest BCUT2D eigenvalue weighted by Gasteiger charge is 2.39. The molecule has 5 rings (SSSR count). The fourth-order valence-corrected chi connectivity index (χ4v) is 5.19. The summed E-state index contributed by atoms with van der Waals surface area (Å²) in [6.07, 6.45) is 4.17. The smallest absolute Gasteiger partial charge is 0.268 e. The van der Waals surface area contributed by atoms with Crippen LogP contribution in [0.2, 0.25) is 0 Å². The molecule has 1 aliphatic rings. The first kappa shape index (κ1) is 21.3. The summed E-state index contributed by atoms with van der Waals surface area (Å²) in [4.78, 5) is 32.1. The van der Waals surface area contributed by atoms with E-state index >= 15 is 0 Å². The van der Waals surface area contributed by atoms with Crippen molar-refractivity contribution in [2.24, 2.45) is 0 Å². The summed E-state index contributed by atoms with van der Waals surface area (Å²) in [5.74, 6) is 0.797. The maximum Gasteiger partial charge on any atom is 0.268 e. The molecule has 0 atom stereocenters. The lowest BCUT2D eigenvalue weighted by atomic mass is 10.0. The molecule has 0 fully saturated rings. The van der Waals surface area contributed by atoms with Crippen molar-refractivity contribution < 1.29 is 14.0 Å². The highest BCUT2D eigenvalue weighted by Crippen LogP contribution is 2.38. The quantitative estimate of drug-likeness (QED) is 0.366. The Balaban J connectivity index is 1.44. The first-order valence-corrected chi connectivity index (χ1v) is 11.9. The van der Waals surface area contributed by atoms with Gasteiger partial charge in [0.2, 0.25) is 0 Å². The molecule has 0 aliphatic carbocycles. The summed E-state index contributed by atoms with van der Waals surface area (Å²) in [7, 11) is 0. The number of aromatic amines is 1. The summed E-state index contributed by atoms with van der Waals surface area (Å²) in [6.45, 7) is 4.39. The number of thioether (sulfide) groups is 1. The van der Waals surface area contributed by atoms with Gasteiger partial charge >= 0.3 is 0 Å². The monoisotopic (exact) mass is 456 g/mol. The van der Waals surface area contributed by atoms with Gasteiger partial charge in [0.15, 0.2) is 0 Å². The van der Waals surface area contributed by atoms with Gasteiger partial charge in [-0.15, -0.1) is 11.8 Å². The molecule has 2 aromatic heterocycles. The van der Waals surface area contributed by atoms with E-state index in [9.17, 15) is 9.59 Å². The van der Waals surface area contributed by atoms with Gasteiger partial charge in [-0.2, -0.15) is 0 Å². The molecule has 166 valence electrons. The van der Waals surface area contributed by atoms with Gasteiger partial charge in [0.05, 0.1) is 22.5 Å². The molecule has 0 bridgehead atoms. The summed E-state index contributed by atoms with van der Waals surface area (Å²) < 4.78 is 5.44. The maximum atomic E-state index is 13.5. The number of imide groups is 1. The molecule has 2 aromatic carbocycles. The molecule has 1 N–H and O–H groups in total. The number of hydrogen-bond acceptors (Lipinski definition) is 4. The van der Waals surface area contributed by atoms with Crippen molar-refractivity contribution >= 4 is 40.1 Å². The van der Waals surface area contributed by atoms with Crippen molar-refractivity contribution in [1.29, 1.82) is 0 Å². The number of hydrogen-bond donors (Lipinski definition) is 1. The second-order valence-electron chi connectivity index (χ2n) is 8.24. The van der Waals surface area contributed by atoms with E-state index in [0.717, 1.165) is 38.9 Å². The Labute approximate surface area is 196 Å². The maximum absolute atomic E-state index is 13.5. The highest BCUT2D eigenvalue weighted by molar-refractivity contribution is 8.03.